The Hall–Kier alpha value is -2.62. The zero-order valence-electron chi connectivity index (χ0n) is 14.6. The third kappa shape index (κ3) is 3.58. The first-order valence-corrected chi connectivity index (χ1v) is 9.05. The second-order valence-corrected chi connectivity index (χ2v) is 6.76. The molecule has 128 valence electrons. The first kappa shape index (κ1) is 15.9. The second-order valence-electron chi connectivity index (χ2n) is 6.76. The average molecular weight is 333 g/mol. The Bertz CT molecular complexity index is 832. The van der Waals surface area contributed by atoms with Gasteiger partial charge in [0.25, 0.3) is 0 Å². The minimum absolute atomic E-state index is 0.321. The van der Waals surface area contributed by atoms with Gasteiger partial charge in [-0.1, -0.05) is 41.5 Å². The van der Waals surface area contributed by atoms with E-state index in [1.807, 2.05) is 29.1 Å². The van der Waals surface area contributed by atoms with Gasteiger partial charge in [0.15, 0.2) is 0 Å². The highest BCUT2D eigenvalue weighted by Gasteiger charge is 2.18. The zero-order chi connectivity index (χ0) is 17.1. The van der Waals surface area contributed by atoms with Crippen molar-refractivity contribution in [2.45, 2.75) is 45.1 Å². The maximum atomic E-state index is 6.29. The molecule has 0 aliphatic heterocycles. The van der Waals surface area contributed by atoms with Crippen LogP contribution in [0.2, 0.25) is 0 Å². The van der Waals surface area contributed by atoms with Crippen LogP contribution in [0.5, 0.6) is 5.75 Å². The molecule has 1 aliphatic carbocycles. The summed E-state index contributed by atoms with van der Waals surface area (Å²) in [6.45, 7) is 2.08. The molecule has 0 atom stereocenters. The van der Waals surface area contributed by atoms with E-state index < -0.39 is 0 Å². The van der Waals surface area contributed by atoms with E-state index in [1.54, 1.807) is 0 Å². The van der Waals surface area contributed by atoms with Crippen LogP contribution in [-0.2, 0) is 0 Å². The Morgan fingerprint density at radius 3 is 2.52 bits per heavy atom. The Morgan fingerprint density at radius 1 is 0.960 bits per heavy atom. The highest BCUT2D eigenvalue weighted by Crippen LogP contribution is 2.31. The predicted molar refractivity (Wildman–Crippen MR) is 99.0 cm³/mol. The van der Waals surface area contributed by atoms with Gasteiger partial charge in [0.05, 0.1) is 18.0 Å². The molecule has 4 nitrogen and oxygen atoms in total. The normalized spacial score (nSPS) is 15.2. The van der Waals surface area contributed by atoms with E-state index in [-0.39, 0.29) is 0 Å². The smallest absolute Gasteiger partial charge is 0.129 e. The number of rotatable bonds is 4. The van der Waals surface area contributed by atoms with Crippen molar-refractivity contribution in [3.63, 3.8) is 0 Å². The molecule has 1 saturated carbocycles. The molecule has 0 unspecified atom stereocenters. The largest absolute Gasteiger partial charge is 0.490 e. The number of ether oxygens (including phenoxy) is 1. The van der Waals surface area contributed by atoms with Crippen molar-refractivity contribution < 1.29 is 4.74 Å². The van der Waals surface area contributed by atoms with Crippen LogP contribution in [0.4, 0.5) is 0 Å². The summed E-state index contributed by atoms with van der Waals surface area (Å²) in [7, 11) is 0. The Labute approximate surface area is 148 Å². The van der Waals surface area contributed by atoms with Crippen LogP contribution in [0.25, 0.3) is 16.9 Å². The number of benzene rings is 2. The van der Waals surface area contributed by atoms with Crippen LogP contribution in [0.3, 0.4) is 0 Å². The van der Waals surface area contributed by atoms with Crippen molar-refractivity contribution in [1.29, 1.82) is 0 Å². The third-order valence-electron chi connectivity index (χ3n) is 4.80. The van der Waals surface area contributed by atoms with Crippen molar-refractivity contribution in [3.05, 3.63) is 60.3 Å². The predicted octanol–water partition coefficient (Wildman–Crippen LogP) is 4.95. The van der Waals surface area contributed by atoms with E-state index in [0.717, 1.165) is 35.5 Å². The topological polar surface area (TPSA) is 39.9 Å². The average Bonchev–Trinajstić information content (AvgIpc) is 3.14. The van der Waals surface area contributed by atoms with Crippen LogP contribution in [-0.4, -0.2) is 21.1 Å². The van der Waals surface area contributed by atoms with Crippen LogP contribution in [0.1, 0.15) is 37.7 Å². The first-order valence-electron chi connectivity index (χ1n) is 9.05. The fourth-order valence-corrected chi connectivity index (χ4v) is 3.35. The van der Waals surface area contributed by atoms with Crippen molar-refractivity contribution >= 4 is 0 Å². The Kier molecular flexibility index (Phi) is 4.51. The van der Waals surface area contributed by atoms with Gasteiger partial charge in [-0.2, -0.15) is 0 Å². The minimum atomic E-state index is 0.321. The number of aryl methyl sites for hydroxylation is 1. The molecule has 4 heteroatoms. The van der Waals surface area contributed by atoms with Gasteiger partial charge in [-0.25, -0.2) is 4.68 Å². The van der Waals surface area contributed by atoms with Crippen LogP contribution in [0.15, 0.2) is 54.7 Å². The van der Waals surface area contributed by atoms with Crippen LogP contribution >= 0.6 is 0 Å². The van der Waals surface area contributed by atoms with Crippen molar-refractivity contribution in [2.24, 2.45) is 0 Å². The molecule has 1 fully saturated rings. The summed E-state index contributed by atoms with van der Waals surface area (Å²) < 4.78 is 8.11. The van der Waals surface area contributed by atoms with Crippen molar-refractivity contribution in [1.82, 2.24) is 15.0 Å². The highest BCUT2D eigenvalue weighted by atomic mass is 16.5. The summed E-state index contributed by atoms with van der Waals surface area (Å²) in [5.41, 5.74) is 4.09. The lowest BCUT2D eigenvalue weighted by molar-refractivity contribution is 0.155. The SMILES string of the molecule is Cc1ccc(-n2cc(-c3ccccc3OC3CCCCC3)nn2)cc1. The summed E-state index contributed by atoms with van der Waals surface area (Å²) in [6, 6.07) is 16.4. The first-order chi connectivity index (χ1) is 12.3. The summed E-state index contributed by atoms with van der Waals surface area (Å²) in [5, 5.41) is 8.66. The molecule has 0 radical (unpaired) electrons. The maximum absolute atomic E-state index is 6.29. The zero-order valence-corrected chi connectivity index (χ0v) is 14.6. The molecule has 0 amide bonds. The maximum Gasteiger partial charge on any atom is 0.129 e. The third-order valence-corrected chi connectivity index (χ3v) is 4.80. The molecule has 1 aromatic heterocycles. The molecule has 1 heterocycles. The van der Waals surface area contributed by atoms with Crippen LogP contribution < -0.4 is 4.74 Å². The van der Waals surface area contributed by atoms with Gasteiger partial charge in [-0.15, -0.1) is 5.10 Å². The molecular formula is C21H23N3O. The molecule has 2 aromatic carbocycles. The highest BCUT2D eigenvalue weighted by molar-refractivity contribution is 5.66. The molecule has 0 bridgehead atoms. The van der Waals surface area contributed by atoms with Gasteiger partial charge in [-0.05, 0) is 56.9 Å². The number of aromatic nitrogens is 3. The van der Waals surface area contributed by atoms with Crippen molar-refractivity contribution in [3.8, 4) is 22.7 Å². The second kappa shape index (κ2) is 7.09. The summed E-state index contributed by atoms with van der Waals surface area (Å²) >= 11 is 0. The molecule has 0 spiro atoms. The van der Waals surface area contributed by atoms with E-state index in [4.69, 9.17) is 4.74 Å². The number of para-hydroxylation sites is 1. The van der Waals surface area contributed by atoms with Gasteiger partial charge in [0.2, 0.25) is 0 Å². The van der Waals surface area contributed by atoms with Gasteiger partial charge < -0.3 is 4.74 Å². The fourth-order valence-electron chi connectivity index (χ4n) is 3.35. The van der Waals surface area contributed by atoms with E-state index in [1.165, 1.54) is 24.8 Å². The summed E-state index contributed by atoms with van der Waals surface area (Å²) in [6.07, 6.45) is 8.42. The van der Waals surface area contributed by atoms with Gasteiger partial charge >= 0.3 is 0 Å². The minimum Gasteiger partial charge on any atom is -0.490 e. The lowest BCUT2D eigenvalue weighted by atomic mass is 9.97. The molecule has 1 aliphatic rings. The van der Waals surface area contributed by atoms with E-state index in [0.29, 0.717) is 6.10 Å². The molecule has 0 saturated heterocycles. The quantitative estimate of drug-likeness (QED) is 0.678. The van der Waals surface area contributed by atoms with E-state index >= 15 is 0 Å². The Balaban J connectivity index is 1.60. The summed E-state index contributed by atoms with van der Waals surface area (Å²) in [5.74, 6) is 0.908. The fraction of sp³-hybridized carbons (Fsp3) is 0.333. The lowest BCUT2D eigenvalue weighted by Gasteiger charge is -2.24. The monoisotopic (exact) mass is 333 g/mol. The van der Waals surface area contributed by atoms with Gasteiger partial charge in [0.1, 0.15) is 11.4 Å². The van der Waals surface area contributed by atoms with Gasteiger partial charge in [-0.3, -0.25) is 0 Å². The van der Waals surface area contributed by atoms with E-state index in [2.05, 4.69) is 47.6 Å². The van der Waals surface area contributed by atoms with Crippen LogP contribution in [0, 0.1) is 6.92 Å². The molecule has 0 N–H and O–H groups in total. The molecule has 25 heavy (non-hydrogen) atoms. The number of nitrogens with zero attached hydrogens (tertiary/aromatic N) is 3. The number of hydrogen-bond donors (Lipinski definition) is 0. The summed E-state index contributed by atoms with van der Waals surface area (Å²) in [4.78, 5) is 0. The Morgan fingerprint density at radius 2 is 1.72 bits per heavy atom. The number of hydrogen-bond acceptors (Lipinski definition) is 3. The molecule has 4 rings (SSSR count). The molecular weight excluding hydrogens is 310 g/mol. The standard InChI is InChI=1S/C21H23N3O/c1-16-11-13-17(14-12-16)24-15-20(22-23-24)19-9-5-6-10-21(19)25-18-7-3-2-4-8-18/h5-6,9-15,18H,2-4,7-8H2,1H3. The van der Waals surface area contributed by atoms with E-state index in [9.17, 15) is 0 Å². The lowest BCUT2D eigenvalue weighted by Crippen LogP contribution is -2.19. The molecule has 3 aromatic rings. The van der Waals surface area contributed by atoms with Gasteiger partial charge in [0, 0.05) is 5.56 Å². The van der Waals surface area contributed by atoms with Crippen molar-refractivity contribution in [2.75, 3.05) is 0 Å².